The van der Waals surface area contributed by atoms with Crippen molar-refractivity contribution in [2.45, 2.75) is 40.0 Å². The number of allylic oxidation sites excluding steroid dienone is 1. The first-order chi connectivity index (χ1) is 12.1. The molecule has 2 heterocycles. The van der Waals surface area contributed by atoms with Crippen LogP contribution in [0.15, 0.2) is 40.5 Å². The molecule has 1 aliphatic rings. The molecule has 0 saturated carbocycles. The third-order valence-electron chi connectivity index (χ3n) is 5.12. The minimum atomic E-state index is 0.153. The van der Waals surface area contributed by atoms with E-state index in [2.05, 4.69) is 35.7 Å². The van der Waals surface area contributed by atoms with Crippen LogP contribution in [0.25, 0.3) is 10.9 Å². The van der Waals surface area contributed by atoms with Gasteiger partial charge in [-0.1, -0.05) is 31.5 Å². The number of hydrogen-bond donors (Lipinski definition) is 0. The highest BCUT2D eigenvalue weighted by molar-refractivity contribution is 6.09. The summed E-state index contributed by atoms with van der Waals surface area (Å²) in [5.74, 6) is 0.153. The predicted molar refractivity (Wildman–Crippen MR) is 104 cm³/mol. The second-order valence-electron chi connectivity index (χ2n) is 6.70. The molecule has 2 aromatic rings. The van der Waals surface area contributed by atoms with Gasteiger partial charge in [-0.05, 0) is 31.9 Å². The lowest BCUT2D eigenvalue weighted by atomic mass is 10.0. The van der Waals surface area contributed by atoms with Crippen LogP contribution >= 0.6 is 0 Å². The maximum Gasteiger partial charge on any atom is 0.256 e. The van der Waals surface area contributed by atoms with Gasteiger partial charge in [0.15, 0.2) is 0 Å². The highest BCUT2D eigenvalue weighted by Crippen LogP contribution is 2.30. The van der Waals surface area contributed by atoms with Gasteiger partial charge in [0.1, 0.15) is 0 Å². The van der Waals surface area contributed by atoms with Crippen molar-refractivity contribution in [3.8, 4) is 0 Å². The van der Waals surface area contributed by atoms with Crippen molar-refractivity contribution in [1.29, 1.82) is 0 Å². The lowest BCUT2D eigenvalue weighted by molar-refractivity contribution is 0.0753. The molecule has 4 heteroatoms. The zero-order chi connectivity index (χ0) is 18.0. The number of rotatable bonds is 5. The molecule has 0 atom stereocenters. The average Bonchev–Trinajstić information content (AvgIpc) is 2.90. The summed E-state index contributed by atoms with van der Waals surface area (Å²) in [6.07, 6.45) is 4.77. The van der Waals surface area contributed by atoms with Gasteiger partial charge in [0, 0.05) is 55.1 Å². The van der Waals surface area contributed by atoms with Gasteiger partial charge in [-0.2, -0.15) is 0 Å². The van der Waals surface area contributed by atoms with Crippen molar-refractivity contribution in [3.63, 3.8) is 0 Å². The van der Waals surface area contributed by atoms with E-state index in [4.69, 9.17) is 0 Å². The Balaban J connectivity index is 1.96. The van der Waals surface area contributed by atoms with Crippen LogP contribution in [0.4, 0.5) is 0 Å². The normalized spacial score (nSPS) is 15.8. The maximum atomic E-state index is 13.2. The van der Waals surface area contributed by atoms with Gasteiger partial charge in [-0.3, -0.25) is 9.79 Å². The number of carbonyl (C=O) groups excluding carboxylic acids is 1. The number of nitrogens with zero attached hydrogens (tertiary/aromatic N) is 3. The van der Waals surface area contributed by atoms with Crippen LogP contribution in [0.5, 0.6) is 0 Å². The van der Waals surface area contributed by atoms with Crippen LogP contribution in [0.1, 0.15) is 49.7 Å². The molecule has 0 saturated heterocycles. The number of benzene rings is 1. The molecule has 0 fully saturated rings. The molecule has 0 aliphatic carbocycles. The molecule has 132 valence electrons. The first-order valence-electron chi connectivity index (χ1n) is 9.11. The van der Waals surface area contributed by atoms with E-state index < -0.39 is 0 Å². The Morgan fingerprint density at radius 2 is 2.08 bits per heavy atom. The SMILES string of the molecule is CC=N/C(C)=C(\CCC)CN1CCc2c(c3ccccc3n2C)C1=O. The smallest absolute Gasteiger partial charge is 0.256 e. The number of amides is 1. The fourth-order valence-electron chi connectivity index (χ4n) is 3.82. The number of aryl methyl sites for hydroxylation is 1. The number of carbonyl (C=O) groups is 1. The van der Waals surface area contributed by atoms with E-state index in [1.807, 2.05) is 37.1 Å². The number of fused-ring (bicyclic) bond motifs is 3. The van der Waals surface area contributed by atoms with Gasteiger partial charge in [0.25, 0.3) is 5.91 Å². The molecule has 0 N–H and O–H groups in total. The van der Waals surface area contributed by atoms with E-state index in [9.17, 15) is 4.79 Å². The van der Waals surface area contributed by atoms with Crippen LogP contribution < -0.4 is 0 Å². The largest absolute Gasteiger partial charge is 0.347 e. The fraction of sp³-hybridized carbons (Fsp3) is 0.429. The average molecular weight is 337 g/mol. The van der Waals surface area contributed by atoms with E-state index >= 15 is 0 Å². The number of hydrogen-bond acceptors (Lipinski definition) is 2. The van der Waals surface area contributed by atoms with Gasteiger partial charge in [-0.15, -0.1) is 0 Å². The molecular formula is C21H27N3O. The highest BCUT2D eigenvalue weighted by atomic mass is 16.2. The van der Waals surface area contributed by atoms with E-state index in [0.29, 0.717) is 6.54 Å². The summed E-state index contributed by atoms with van der Waals surface area (Å²) in [6, 6.07) is 8.19. The van der Waals surface area contributed by atoms with Gasteiger partial charge in [0.05, 0.1) is 5.56 Å². The Bertz CT molecular complexity index is 857. The molecule has 25 heavy (non-hydrogen) atoms. The van der Waals surface area contributed by atoms with E-state index in [0.717, 1.165) is 53.7 Å². The van der Waals surface area contributed by atoms with Gasteiger partial charge in [0.2, 0.25) is 0 Å². The summed E-state index contributed by atoms with van der Waals surface area (Å²) >= 11 is 0. The summed E-state index contributed by atoms with van der Waals surface area (Å²) in [7, 11) is 2.06. The van der Waals surface area contributed by atoms with Crippen LogP contribution in [-0.2, 0) is 13.5 Å². The van der Waals surface area contributed by atoms with E-state index in [1.165, 1.54) is 5.57 Å². The van der Waals surface area contributed by atoms with Gasteiger partial charge >= 0.3 is 0 Å². The van der Waals surface area contributed by atoms with Gasteiger partial charge < -0.3 is 9.47 Å². The Morgan fingerprint density at radius 1 is 1.32 bits per heavy atom. The third kappa shape index (κ3) is 3.13. The molecule has 0 unspecified atom stereocenters. The van der Waals surface area contributed by atoms with Crippen molar-refractivity contribution in [2.75, 3.05) is 13.1 Å². The van der Waals surface area contributed by atoms with Crippen LogP contribution in [0.2, 0.25) is 0 Å². The molecule has 3 rings (SSSR count). The highest BCUT2D eigenvalue weighted by Gasteiger charge is 2.30. The van der Waals surface area contributed by atoms with Crippen molar-refractivity contribution >= 4 is 23.0 Å². The minimum absolute atomic E-state index is 0.153. The third-order valence-corrected chi connectivity index (χ3v) is 5.12. The zero-order valence-electron chi connectivity index (χ0n) is 15.7. The second-order valence-corrected chi connectivity index (χ2v) is 6.70. The summed E-state index contributed by atoms with van der Waals surface area (Å²) < 4.78 is 2.18. The Morgan fingerprint density at radius 3 is 2.80 bits per heavy atom. The lowest BCUT2D eigenvalue weighted by Gasteiger charge is -2.29. The summed E-state index contributed by atoms with van der Waals surface area (Å²) in [6.45, 7) is 7.60. The van der Waals surface area contributed by atoms with Crippen molar-refractivity contribution in [3.05, 3.63) is 46.8 Å². The predicted octanol–water partition coefficient (Wildman–Crippen LogP) is 4.34. The standard InChI is InChI=1S/C21H27N3O/c1-5-9-16(15(3)22-6-2)14-24-13-12-19-20(21(24)25)17-10-7-8-11-18(17)23(19)4/h6-8,10-11H,5,9,12-14H2,1-4H3/b16-15+,22-6?. The summed E-state index contributed by atoms with van der Waals surface area (Å²) in [4.78, 5) is 19.7. The number of para-hydroxylation sites is 1. The van der Waals surface area contributed by atoms with Crippen molar-refractivity contribution < 1.29 is 4.79 Å². The molecule has 1 amide bonds. The van der Waals surface area contributed by atoms with Crippen molar-refractivity contribution in [2.24, 2.45) is 12.0 Å². The minimum Gasteiger partial charge on any atom is -0.347 e. The Kier molecular flexibility index (Phi) is 5.07. The maximum absolute atomic E-state index is 13.2. The van der Waals surface area contributed by atoms with Crippen molar-refractivity contribution in [1.82, 2.24) is 9.47 Å². The first kappa shape index (κ1) is 17.5. The first-order valence-corrected chi connectivity index (χ1v) is 9.11. The van der Waals surface area contributed by atoms with Crippen LogP contribution in [0.3, 0.4) is 0 Å². The molecule has 0 bridgehead atoms. The molecule has 1 aromatic heterocycles. The molecule has 1 aliphatic heterocycles. The second kappa shape index (κ2) is 7.26. The van der Waals surface area contributed by atoms with Crippen LogP contribution in [0, 0.1) is 0 Å². The molecule has 0 spiro atoms. The molecule has 0 radical (unpaired) electrons. The van der Waals surface area contributed by atoms with Crippen LogP contribution in [-0.4, -0.2) is 34.7 Å². The van der Waals surface area contributed by atoms with E-state index in [1.54, 1.807) is 0 Å². The summed E-state index contributed by atoms with van der Waals surface area (Å²) in [5.41, 5.74) is 5.49. The fourth-order valence-corrected chi connectivity index (χ4v) is 3.82. The van der Waals surface area contributed by atoms with Gasteiger partial charge in [-0.25, -0.2) is 0 Å². The number of aromatic nitrogens is 1. The van der Waals surface area contributed by atoms with E-state index in [-0.39, 0.29) is 5.91 Å². The number of aliphatic imine (C=N–C) groups is 1. The molecular weight excluding hydrogens is 310 g/mol. The Labute approximate surface area is 149 Å². The zero-order valence-corrected chi connectivity index (χ0v) is 15.7. The monoisotopic (exact) mass is 337 g/mol. The topological polar surface area (TPSA) is 37.6 Å². The summed E-state index contributed by atoms with van der Waals surface area (Å²) in [5, 5.41) is 1.07. The molecule has 1 aromatic carbocycles. The molecule has 4 nitrogen and oxygen atoms in total. The quantitative estimate of drug-likeness (QED) is 0.748. The Hall–Kier alpha value is -2.36. The lowest BCUT2D eigenvalue weighted by Crippen LogP contribution is -2.39.